The number of anilines is 1. The van der Waals surface area contributed by atoms with Crippen LogP contribution in [0, 0.1) is 11.6 Å². The first-order chi connectivity index (χ1) is 11.5. The van der Waals surface area contributed by atoms with Gasteiger partial charge in [0.15, 0.2) is 0 Å². The molecule has 1 aliphatic heterocycles. The summed E-state index contributed by atoms with van der Waals surface area (Å²) in [5, 5.41) is 2.80. The monoisotopic (exact) mass is 330 g/mol. The van der Waals surface area contributed by atoms with Crippen molar-refractivity contribution in [1.82, 2.24) is 5.32 Å². The molecule has 4 nitrogen and oxygen atoms in total. The fraction of sp³-hybridized carbons (Fsp3) is 0.222. The average molecular weight is 330 g/mol. The van der Waals surface area contributed by atoms with Crippen LogP contribution in [0.25, 0.3) is 0 Å². The lowest BCUT2D eigenvalue weighted by atomic mass is 10.1. The maximum atomic E-state index is 13.3. The molecule has 0 saturated carbocycles. The lowest BCUT2D eigenvalue weighted by molar-refractivity contribution is -0.121. The summed E-state index contributed by atoms with van der Waals surface area (Å²) in [4.78, 5) is 25.6. The van der Waals surface area contributed by atoms with Gasteiger partial charge in [0.25, 0.3) is 0 Å². The van der Waals surface area contributed by atoms with E-state index in [1.54, 1.807) is 24.3 Å². The SMILES string of the molecule is O=C(Cc1ccc(F)cc1)N[C@@H]1CC(=O)N(c2cccc(F)c2)C1. The van der Waals surface area contributed by atoms with Crippen LogP contribution in [-0.2, 0) is 16.0 Å². The van der Waals surface area contributed by atoms with Gasteiger partial charge in [-0.2, -0.15) is 0 Å². The Labute approximate surface area is 138 Å². The van der Waals surface area contributed by atoms with E-state index in [1.165, 1.54) is 29.2 Å². The lowest BCUT2D eigenvalue weighted by Gasteiger charge is -2.17. The van der Waals surface area contributed by atoms with Crippen LogP contribution in [-0.4, -0.2) is 24.4 Å². The largest absolute Gasteiger partial charge is 0.351 e. The first-order valence-corrected chi connectivity index (χ1v) is 7.61. The highest BCUT2D eigenvalue weighted by molar-refractivity contribution is 5.96. The molecule has 2 aromatic rings. The summed E-state index contributed by atoms with van der Waals surface area (Å²) >= 11 is 0. The Morgan fingerprint density at radius 1 is 1.12 bits per heavy atom. The first kappa shape index (κ1) is 16.1. The van der Waals surface area contributed by atoms with Crippen molar-refractivity contribution >= 4 is 17.5 Å². The van der Waals surface area contributed by atoms with Gasteiger partial charge in [0.1, 0.15) is 11.6 Å². The van der Waals surface area contributed by atoms with E-state index in [0.717, 1.165) is 0 Å². The van der Waals surface area contributed by atoms with Gasteiger partial charge in [-0.15, -0.1) is 0 Å². The van der Waals surface area contributed by atoms with E-state index in [2.05, 4.69) is 5.32 Å². The van der Waals surface area contributed by atoms with E-state index in [1.807, 2.05) is 0 Å². The first-order valence-electron chi connectivity index (χ1n) is 7.61. The van der Waals surface area contributed by atoms with Gasteiger partial charge in [0.05, 0.1) is 12.5 Å². The predicted molar refractivity (Wildman–Crippen MR) is 85.4 cm³/mol. The zero-order valence-corrected chi connectivity index (χ0v) is 12.8. The van der Waals surface area contributed by atoms with Crippen molar-refractivity contribution in [3.8, 4) is 0 Å². The fourth-order valence-corrected chi connectivity index (χ4v) is 2.76. The Bertz CT molecular complexity index is 762. The zero-order chi connectivity index (χ0) is 17.1. The quantitative estimate of drug-likeness (QED) is 0.936. The number of hydrogen-bond donors (Lipinski definition) is 1. The van der Waals surface area contributed by atoms with Gasteiger partial charge in [0, 0.05) is 18.7 Å². The average Bonchev–Trinajstić information content (AvgIpc) is 2.90. The number of amides is 2. The van der Waals surface area contributed by atoms with Crippen LogP contribution in [0.2, 0.25) is 0 Å². The van der Waals surface area contributed by atoms with Crippen molar-refractivity contribution in [3.05, 3.63) is 65.7 Å². The van der Waals surface area contributed by atoms with Crippen molar-refractivity contribution in [3.63, 3.8) is 0 Å². The molecule has 1 atom stereocenters. The zero-order valence-electron chi connectivity index (χ0n) is 12.8. The second-order valence-electron chi connectivity index (χ2n) is 5.76. The molecule has 0 aliphatic carbocycles. The highest BCUT2D eigenvalue weighted by Crippen LogP contribution is 2.22. The van der Waals surface area contributed by atoms with Crippen molar-refractivity contribution in [1.29, 1.82) is 0 Å². The van der Waals surface area contributed by atoms with Gasteiger partial charge in [-0.1, -0.05) is 18.2 Å². The third-order valence-electron chi connectivity index (χ3n) is 3.89. The number of halogens is 2. The minimum absolute atomic E-state index is 0.116. The van der Waals surface area contributed by atoms with Crippen LogP contribution in [0.15, 0.2) is 48.5 Å². The summed E-state index contributed by atoms with van der Waals surface area (Å²) in [5.41, 5.74) is 1.18. The van der Waals surface area contributed by atoms with Gasteiger partial charge in [-0.25, -0.2) is 8.78 Å². The molecule has 0 spiro atoms. The fourth-order valence-electron chi connectivity index (χ4n) is 2.76. The second-order valence-corrected chi connectivity index (χ2v) is 5.76. The van der Waals surface area contributed by atoms with Crippen molar-refractivity contribution in [2.75, 3.05) is 11.4 Å². The Morgan fingerprint density at radius 3 is 2.58 bits per heavy atom. The Balaban J connectivity index is 1.59. The summed E-state index contributed by atoms with van der Waals surface area (Å²) in [6.45, 7) is 0.303. The molecule has 0 bridgehead atoms. The van der Waals surface area contributed by atoms with Crippen LogP contribution >= 0.6 is 0 Å². The number of rotatable bonds is 4. The van der Waals surface area contributed by atoms with Crippen molar-refractivity contribution < 1.29 is 18.4 Å². The molecule has 6 heteroatoms. The van der Waals surface area contributed by atoms with Crippen molar-refractivity contribution in [2.24, 2.45) is 0 Å². The number of carbonyl (C=O) groups is 2. The Kier molecular flexibility index (Phi) is 4.55. The number of carbonyl (C=O) groups excluding carboxylic acids is 2. The third kappa shape index (κ3) is 3.76. The summed E-state index contributed by atoms with van der Waals surface area (Å²) in [5.74, 6) is -1.16. The van der Waals surface area contributed by atoms with E-state index in [4.69, 9.17) is 0 Å². The van der Waals surface area contributed by atoms with Crippen LogP contribution in [0.5, 0.6) is 0 Å². The lowest BCUT2D eigenvalue weighted by Crippen LogP contribution is -2.38. The van der Waals surface area contributed by atoms with E-state index in [-0.39, 0.29) is 36.5 Å². The molecule has 0 unspecified atom stereocenters. The van der Waals surface area contributed by atoms with Crippen LogP contribution < -0.4 is 10.2 Å². The molecule has 124 valence electrons. The number of nitrogens with zero attached hydrogens (tertiary/aromatic N) is 1. The second kappa shape index (κ2) is 6.78. The van der Waals surface area contributed by atoms with E-state index < -0.39 is 5.82 Å². The molecule has 1 saturated heterocycles. The number of hydrogen-bond acceptors (Lipinski definition) is 2. The molecule has 1 fully saturated rings. The predicted octanol–water partition coefficient (Wildman–Crippen LogP) is 2.43. The Hall–Kier alpha value is -2.76. The molecule has 24 heavy (non-hydrogen) atoms. The molecule has 1 N–H and O–H groups in total. The van der Waals surface area contributed by atoms with Crippen LogP contribution in [0.4, 0.5) is 14.5 Å². The summed E-state index contributed by atoms with van der Waals surface area (Å²) < 4.78 is 26.1. The van der Waals surface area contributed by atoms with E-state index in [9.17, 15) is 18.4 Å². The molecular formula is C18H16F2N2O2. The highest BCUT2D eigenvalue weighted by Gasteiger charge is 2.31. The smallest absolute Gasteiger partial charge is 0.229 e. The van der Waals surface area contributed by atoms with Gasteiger partial charge in [-0.05, 0) is 35.9 Å². The summed E-state index contributed by atoms with van der Waals surface area (Å²) in [6.07, 6.45) is 0.288. The maximum Gasteiger partial charge on any atom is 0.229 e. The van der Waals surface area contributed by atoms with Gasteiger partial charge >= 0.3 is 0 Å². The molecule has 1 aliphatic rings. The van der Waals surface area contributed by atoms with Crippen molar-refractivity contribution in [2.45, 2.75) is 18.9 Å². The van der Waals surface area contributed by atoms with Gasteiger partial charge in [-0.3, -0.25) is 9.59 Å². The molecule has 1 heterocycles. The van der Waals surface area contributed by atoms with E-state index >= 15 is 0 Å². The molecule has 0 radical (unpaired) electrons. The summed E-state index contributed by atoms with van der Waals surface area (Å²) in [6, 6.07) is 11.2. The maximum absolute atomic E-state index is 13.3. The number of nitrogens with one attached hydrogen (secondary N) is 1. The number of benzene rings is 2. The van der Waals surface area contributed by atoms with Gasteiger partial charge in [0.2, 0.25) is 11.8 Å². The minimum Gasteiger partial charge on any atom is -0.351 e. The standard InChI is InChI=1S/C18H16F2N2O2/c19-13-6-4-12(5-7-13)8-17(23)21-15-10-18(24)22(11-15)16-3-1-2-14(20)9-16/h1-7,9,15H,8,10-11H2,(H,21,23)/t15-/m1/s1. The minimum atomic E-state index is -0.413. The molecule has 2 aromatic carbocycles. The molecular weight excluding hydrogens is 314 g/mol. The third-order valence-corrected chi connectivity index (χ3v) is 3.89. The Morgan fingerprint density at radius 2 is 1.88 bits per heavy atom. The normalized spacial score (nSPS) is 17.2. The molecule has 2 amide bonds. The molecule has 0 aromatic heterocycles. The van der Waals surface area contributed by atoms with Crippen LogP contribution in [0.3, 0.4) is 0 Å². The topological polar surface area (TPSA) is 49.4 Å². The van der Waals surface area contributed by atoms with E-state index in [0.29, 0.717) is 17.8 Å². The van der Waals surface area contributed by atoms with Gasteiger partial charge < -0.3 is 10.2 Å². The summed E-state index contributed by atoms with van der Waals surface area (Å²) in [7, 11) is 0. The van der Waals surface area contributed by atoms with Crippen LogP contribution in [0.1, 0.15) is 12.0 Å². The highest BCUT2D eigenvalue weighted by atomic mass is 19.1. The molecule has 3 rings (SSSR count).